The maximum atomic E-state index is 11.4. The van der Waals surface area contributed by atoms with E-state index in [1.165, 1.54) is 0 Å². The predicted octanol–water partition coefficient (Wildman–Crippen LogP) is 1.29. The topological polar surface area (TPSA) is 61.4 Å². The molecular formula is C16H21N3O2. The van der Waals surface area contributed by atoms with Crippen LogP contribution in [0.5, 0.6) is 0 Å². The van der Waals surface area contributed by atoms with Crippen molar-refractivity contribution in [1.29, 1.82) is 0 Å². The molecule has 2 heterocycles. The summed E-state index contributed by atoms with van der Waals surface area (Å²) in [7, 11) is 0. The van der Waals surface area contributed by atoms with Gasteiger partial charge in [-0.1, -0.05) is 30.3 Å². The Hall–Kier alpha value is -1.69. The Balaban J connectivity index is 1.96. The van der Waals surface area contributed by atoms with Crippen LogP contribution in [0.25, 0.3) is 0 Å². The molecule has 112 valence electrons. The molecule has 1 unspecified atom stereocenters. The summed E-state index contributed by atoms with van der Waals surface area (Å²) in [6.45, 7) is 5.60. The zero-order chi connectivity index (χ0) is 14.7. The Bertz CT molecular complexity index is 578. The van der Waals surface area contributed by atoms with Crippen molar-refractivity contribution in [2.24, 2.45) is 0 Å². The number of aromatic amines is 1. The second-order valence-corrected chi connectivity index (χ2v) is 5.52. The van der Waals surface area contributed by atoms with E-state index in [1.54, 1.807) is 6.20 Å². The number of rotatable bonds is 4. The molecule has 1 fully saturated rings. The maximum absolute atomic E-state index is 11.4. The van der Waals surface area contributed by atoms with Gasteiger partial charge < -0.3 is 9.84 Å². The van der Waals surface area contributed by atoms with E-state index in [1.807, 2.05) is 37.3 Å². The average Bonchev–Trinajstić information content (AvgIpc) is 2.96. The zero-order valence-corrected chi connectivity index (χ0v) is 12.2. The number of nitrogens with zero attached hydrogens (tertiary/aromatic N) is 2. The van der Waals surface area contributed by atoms with E-state index in [0.717, 1.165) is 43.1 Å². The van der Waals surface area contributed by atoms with Gasteiger partial charge in [0, 0.05) is 30.9 Å². The van der Waals surface area contributed by atoms with Crippen LogP contribution in [0, 0.1) is 6.92 Å². The molecule has 3 rings (SSSR count). The summed E-state index contributed by atoms with van der Waals surface area (Å²) in [6, 6.07) is 9.80. The van der Waals surface area contributed by atoms with Crippen molar-refractivity contribution < 1.29 is 9.84 Å². The van der Waals surface area contributed by atoms with Gasteiger partial charge in [-0.2, -0.15) is 5.10 Å². The standard InChI is InChI=1S/C16H21N3O2/c1-13-15(11-17-18-13)16(20,14-5-3-2-4-6-14)12-19-7-9-21-10-8-19/h2-6,11,20H,7-10,12H2,1H3,(H,17,18). The first-order chi connectivity index (χ1) is 10.2. The van der Waals surface area contributed by atoms with E-state index in [2.05, 4.69) is 15.1 Å². The fourth-order valence-corrected chi connectivity index (χ4v) is 2.90. The smallest absolute Gasteiger partial charge is 0.130 e. The Morgan fingerprint density at radius 2 is 2.00 bits per heavy atom. The first-order valence-electron chi connectivity index (χ1n) is 7.28. The number of ether oxygens (including phenoxy) is 1. The van der Waals surface area contributed by atoms with Gasteiger partial charge in [0.25, 0.3) is 0 Å². The molecule has 0 amide bonds. The van der Waals surface area contributed by atoms with Crippen LogP contribution in [0.2, 0.25) is 0 Å². The molecular weight excluding hydrogens is 266 g/mol. The number of morpholine rings is 1. The van der Waals surface area contributed by atoms with Gasteiger partial charge in [-0.3, -0.25) is 10.00 Å². The molecule has 1 saturated heterocycles. The zero-order valence-electron chi connectivity index (χ0n) is 12.2. The molecule has 2 aromatic rings. The van der Waals surface area contributed by atoms with Crippen molar-refractivity contribution in [3.8, 4) is 0 Å². The first kappa shape index (κ1) is 14.3. The fraction of sp³-hybridized carbons (Fsp3) is 0.438. The highest BCUT2D eigenvalue weighted by atomic mass is 16.5. The molecule has 1 aromatic heterocycles. The number of aliphatic hydroxyl groups is 1. The molecule has 1 atom stereocenters. The Kier molecular flexibility index (Phi) is 4.05. The van der Waals surface area contributed by atoms with Gasteiger partial charge in [0.05, 0.1) is 19.4 Å². The van der Waals surface area contributed by atoms with Crippen LogP contribution in [0.1, 0.15) is 16.8 Å². The van der Waals surface area contributed by atoms with Gasteiger partial charge >= 0.3 is 0 Å². The minimum atomic E-state index is -1.06. The number of nitrogens with one attached hydrogen (secondary N) is 1. The summed E-state index contributed by atoms with van der Waals surface area (Å²) >= 11 is 0. The lowest BCUT2D eigenvalue weighted by atomic mass is 9.86. The summed E-state index contributed by atoms with van der Waals surface area (Å²) in [5.41, 5.74) is 1.56. The van der Waals surface area contributed by atoms with E-state index in [4.69, 9.17) is 4.74 Å². The van der Waals surface area contributed by atoms with Crippen molar-refractivity contribution in [3.05, 3.63) is 53.3 Å². The quantitative estimate of drug-likeness (QED) is 0.889. The van der Waals surface area contributed by atoms with Gasteiger partial charge in [0.2, 0.25) is 0 Å². The van der Waals surface area contributed by atoms with Gasteiger partial charge in [0.1, 0.15) is 5.60 Å². The van der Waals surface area contributed by atoms with Gasteiger partial charge in [-0.25, -0.2) is 0 Å². The Morgan fingerprint density at radius 3 is 2.62 bits per heavy atom. The van der Waals surface area contributed by atoms with E-state index >= 15 is 0 Å². The second-order valence-electron chi connectivity index (χ2n) is 5.52. The number of aryl methyl sites for hydroxylation is 1. The Labute approximate surface area is 124 Å². The highest BCUT2D eigenvalue weighted by molar-refractivity contribution is 5.37. The van der Waals surface area contributed by atoms with Crippen molar-refractivity contribution in [2.75, 3.05) is 32.8 Å². The van der Waals surface area contributed by atoms with E-state index in [-0.39, 0.29) is 0 Å². The molecule has 2 N–H and O–H groups in total. The number of H-pyrrole nitrogens is 1. The van der Waals surface area contributed by atoms with Crippen molar-refractivity contribution >= 4 is 0 Å². The molecule has 5 nitrogen and oxygen atoms in total. The predicted molar refractivity (Wildman–Crippen MR) is 80.0 cm³/mol. The summed E-state index contributed by atoms with van der Waals surface area (Å²) in [5.74, 6) is 0. The number of aromatic nitrogens is 2. The van der Waals surface area contributed by atoms with Crippen LogP contribution in [-0.2, 0) is 10.3 Å². The molecule has 0 radical (unpaired) electrons. The van der Waals surface area contributed by atoms with E-state index < -0.39 is 5.60 Å². The lowest BCUT2D eigenvalue weighted by Gasteiger charge is -2.36. The van der Waals surface area contributed by atoms with Crippen LogP contribution in [0.15, 0.2) is 36.5 Å². The lowest BCUT2D eigenvalue weighted by molar-refractivity contribution is -0.0150. The number of benzene rings is 1. The summed E-state index contributed by atoms with van der Waals surface area (Å²) < 4.78 is 5.39. The lowest BCUT2D eigenvalue weighted by Crippen LogP contribution is -2.46. The van der Waals surface area contributed by atoms with Crippen LogP contribution in [0.4, 0.5) is 0 Å². The average molecular weight is 287 g/mol. The number of hydrogen-bond acceptors (Lipinski definition) is 4. The third-order valence-electron chi connectivity index (χ3n) is 4.08. The molecule has 21 heavy (non-hydrogen) atoms. The van der Waals surface area contributed by atoms with Gasteiger partial charge in [-0.05, 0) is 12.5 Å². The van der Waals surface area contributed by atoms with E-state index in [0.29, 0.717) is 6.54 Å². The largest absolute Gasteiger partial charge is 0.379 e. The van der Waals surface area contributed by atoms with Crippen LogP contribution < -0.4 is 0 Å². The fourth-order valence-electron chi connectivity index (χ4n) is 2.90. The maximum Gasteiger partial charge on any atom is 0.130 e. The van der Waals surface area contributed by atoms with Crippen LogP contribution >= 0.6 is 0 Å². The summed E-state index contributed by atoms with van der Waals surface area (Å²) in [5, 5.41) is 18.4. The third kappa shape index (κ3) is 2.85. The van der Waals surface area contributed by atoms with Crippen LogP contribution in [-0.4, -0.2) is 53.1 Å². The molecule has 1 aliphatic rings. The molecule has 0 bridgehead atoms. The number of β-amino-alcohol motifs (C(OH)–C–C–N with tert-alkyl or cyclic N) is 1. The number of hydrogen-bond donors (Lipinski definition) is 2. The van der Waals surface area contributed by atoms with Crippen molar-refractivity contribution in [3.63, 3.8) is 0 Å². The molecule has 1 aromatic carbocycles. The monoisotopic (exact) mass is 287 g/mol. The van der Waals surface area contributed by atoms with Gasteiger partial charge in [-0.15, -0.1) is 0 Å². The first-order valence-corrected chi connectivity index (χ1v) is 7.28. The highest BCUT2D eigenvalue weighted by Gasteiger charge is 2.36. The Morgan fingerprint density at radius 1 is 1.29 bits per heavy atom. The van der Waals surface area contributed by atoms with Gasteiger partial charge in [0.15, 0.2) is 0 Å². The minimum absolute atomic E-state index is 0.542. The summed E-state index contributed by atoms with van der Waals surface area (Å²) in [4.78, 5) is 2.24. The molecule has 1 aliphatic heterocycles. The minimum Gasteiger partial charge on any atom is -0.379 e. The molecule has 0 saturated carbocycles. The molecule has 0 aliphatic carbocycles. The van der Waals surface area contributed by atoms with Crippen molar-refractivity contribution in [1.82, 2.24) is 15.1 Å². The highest BCUT2D eigenvalue weighted by Crippen LogP contribution is 2.32. The summed E-state index contributed by atoms with van der Waals surface area (Å²) in [6.07, 6.45) is 1.72. The molecule has 5 heteroatoms. The molecule has 0 spiro atoms. The van der Waals surface area contributed by atoms with Crippen LogP contribution in [0.3, 0.4) is 0 Å². The normalized spacial score (nSPS) is 19.3. The third-order valence-corrected chi connectivity index (χ3v) is 4.08. The second kappa shape index (κ2) is 5.97. The SMILES string of the molecule is Cc1[nH]ncc1C(O)(CN1CCOCC1)c1ccccc1. The van der Waals surface area contributed by atoms with E-state index in [9.17, 15) is 5.11 Å². The van der Waals surface area contributed by atoms with Crippen molar-refractivity contribution in [2.45, 2.75) is 12.5 Å².